The van der Waals surface area contributed by atoms with Gasteiger partial charge in [-0.15, -0.1) is 24.7 Å². The van der Waals surface area contributed by atoms with Gasteiger partial charge in [0.05, 0.1) is 16.5 Å². The minimum Gasteiger partial charge on any atom is -0.506 e. The molecule has 182 valence electrons. The summed E-state index contributed by atoms with van der Waals surface area (Å²) in [4.78, 5) is 30.3. The van der Waals surface area contributed by atoms with E-state index in [0.29, 0.717) is 68.9 Å². The van der Waals surface area contributed by atoms with Gasteiger partial charge < -0.3 is 24.1 Å². The fourth-order valence-electron chi connectivity index (χ4n) is 4.37. The summed E-state index contributed by atoms with van der Waals surface area (Å²) in [6, 6.07) is 0. The Hall–Kier alpha value is -3.07. The molecule has 2 aliphatic rings. The smallest absolute Gasteiger partial charge is 0.313 e. The first-order valence-electron chi connectivity index (χ1n) is 11.8. The van der Waals surface area contributed by atoms with E-state index in [-0.39, 0.29) is 31.8 Å². The van der Waals surface area contributed by atoms with Crippen molar-refractivity contribution in [2.45, 2.75) is 58.7 Å². The minimum absolute atomic E-state index is 0.133. The van der Waals surface area contributed by atoms with Crippen molar-refractivity contribution in [3.8, 4) is 30.4 Å². The van der Waals surface area contributed by atoms with Crippen molar-refractivity contribution in [3.63, 3.8) is 0 Å². The van der Waals surface area contributed by atoms with Crippen LogP contribution < -0.4 is 0 Å². The summed E-state index contributed by atoms with van der Waals surface area (Å²) in [5, 5.41) is 4.81. The molecule has 2 saturated heterocycles. The van der Waals surface area contributed by atoms with Gasteiger partial charge in [-0.05, 0) is 32.6 Å². The first kappa shape index (κ1) is 24.1. The zero-order chi connectivity index (χ0) is 25.3. The number of carbonyl (C=O) groups is 2. The number of terminal acetylenes is 2. The third-order valence-corrected chi connectivity index (χ3v) is 6.76. The monoisotopic (exact) mass is 470 g/mol. The molecule has 1 aromatic heterocycles. The first-order chi connectivity index (χ1) is 16.9. The number of aromatic hydroxyl groups is 1. The number of pyridine rings is 1. The lowest BCUT2D eigenvalue weighted by atomic mass is 9.77. The van der Waals surface area contributed by atoms with Crippen molar-refractivity contribution in [2.75, 3.05) is 26.4 Å². The molecule has 1 aromatic rings. The van der Waals surface area contributed by atoms with Crippen LogP contribution in [-0.2, 0) is 41.8 Å². The fourth-order valence-corrected chi connectivity index (χ4v) is 4.37. The lowest BCUT2D eigenvalue weighted by molar-refractivity contribution is -0.164. The van der Waals surface area contributed by atoms with Gasteiger partial charge in [-0.1, -0.05) is 0 Å². The van der Waals surface area contributed by atoms with E-state index in [9.17, 15) is 9.59 Å². The van der Waals surface area contributed by atoms with E-state index in [1.807, 2.05) is 0 Å². The van der Waals surface area contributed by atoms with E-state index in [1.54, 1.807) is 6.92 Å². The summed E-state index contributed by atoms with van der Waals surface area (Å²) >= 11 is 0. The Balaban J connectivity index is 1.77. The van der Waals surface area contributed by atoms with Gasteiger partial charge in [0.1, 0.15) is 19.0 Å². The lowest BCUT2D eigenvalue weighted by Crippen LogP contribution is -2.38. The number of aromatic nitrogens is 1. The molecule has 0 spiro atoms. The third-order valence-electron chi connectivity index (χ3n) is 6.76. The first-order valence-corrected chi connectivity index (χ1v) is 11.4. The Morgan fingerprint density at radius 1 is 1.03 bits per heavy atom. The molecule has 34 heavy (non-hydrogen) atoms. The molecule has 1 N–H and O–H groups in total. The molecule has 0 atom stereocenters. The van der Waals surface area contributed by atoms with Gasteiger partial charge in [0.2, 0.25) is 0 Å². The molecule has 0 bridgehead atoms. The predicted molar refractivity (Wildman–Crippen MR) is 122 cm³/mol. The lowest BCUT2D eigenvalue weighted by Gasteiger charge is -2.33. The maximum absolute atomic E-state index is 13.1. The molecule has 0 aliphatic carbocycles. The van der Waals surface area contributed by atoms with Crippen LogP contribution >= 0.6 is 0 Å². The molecular weight excluding hydrogens is 438 g/mol. The number of hydrogen-bond acceptors (Lipinski definition) is 8. The topological polar surface area (TPSA) is 104 Å². The largest absolute Gasteiger partial charge is 0.506 e. The van der Waals surface area contributed by atoms with Gasteiger partial charge in [-0.3, -0.25) is 14.6 Å². The second-order valence-corrected chi connectivity index (χ2v) is 8.88. The van der Waals surface area contributed by atoms with E-state index < -0.39 is 22.8 Å². The SMILES string of the molecule is [2H]Oc1c(C)ncc(COC(=O)C2(CC#C)CCOCC2)c1COC(=O)C1(CC#C)CCOCC1. The van der Waals surface area contributed by atoms with Crippen LogP contribution in [-0.4, -0.2) is 49.9 Å². The van der Waals surface area contributed by atoms with Crippen molar-refractivity contribution >= 4 is 11.9 Å². The highest BCUT2D eigenvalue weighted by Gasteiger charge is 2.42. The van der Waals surface area contributed by atoms with E-state index in [4.69, 9.17) is 38.3 Å². The molecule has 0 aromatic carbocycles. The van der Waals surface area contributed by atoms with Gasteiger partial charge in [0.15, 0.2) is 0 Å². The van der Waals surface area contributed by atoms with Crippen molar-refractivity contribution in [2.24, 2.45) is 10.8 Å². The average molecular weight is 471 g/mol. The highest BCUT2D eigenvalue weighted by Crippen LogP contribution is 2.37. The summed E-state index contributed by atoms with van der Waals surface area (Å²) in [6.45, 7) is 3.09. The van der Waals surface area contributed by atoms with Gasteiger partial charge >= 0.3 is 11.9 Å². The highest BCUT2D eigenvalue weighted by molar-refractivity contribution is 5.78. The number of ether oxygens (including phenoxy) is 4. The van der Waals surface area contributed by atoms with Crippen molar-refractivity contribution in [3.05, 3.63) is 23.0 Å². The molecule has 8 heteroatoms. The second kappa shape index (κ2) is 11.4. The van der Waals surface area contributed by atoms with Crippen LogP contribution in [0.25, 0.3) is 0 Å². The van der Waals surface area contributed by atoms with E-state index in [1.165, 1.54) is 6.20 Å². The maximum Gasteiger partial charge on any atom is 0.313 e. The number of esters is 2. The Kier molecular flexibility index (Phi) is 8.05. The maximum atomic E-state index is 13.1. The van der Waals surface area contributed by atoms with Crippen LogP contribution in [0.15, 0.2) is 6.20 Å². The normalized spacial score (nSPS) is 19.1. The molecule has 3 heterocycles. The molecule has 2 fully saturated rings. The molecule has 0 radical (unpaired) electrons. The predicted octanol–water partition coefficient (Wildman–Crippen LogP) is 2.82. The Morgan fingerprint density at radius 3 is 2.00 bits per heavy atom. The Labute approximate surface area is 201 Å². The number of carbonyl (C=O) groups excluding carboxylic acids is 2. The molecule has 2 aliphatic heterocycles. The zero-order valence-electron chi connectivity index (χ0n) is 20.5. The van der Waals surface area contributed by atoms with Crippen LogP contribution in [0.5, 0.6) is 5.75 Å². The molecule has 3 rings (SSSR count). The van der Waals surface area contributed by atoms with Crippen LogP contribution in [0.3, 0.4) is 0 Å². The van der Waals surface area contributed by atoms with E-state index in [2.05, 4.69) is 16.8 Å². The van der Waals surface area contributed by atoms with Gasteiger partial charge in [-0.25, -0.2) is 0 Å². The molecule has 8 nitrogen and oxygen atoms in total. The van der Waals surface area contributed by atoms with Gasteiger partial charge in [0.25, 0.3) is 1.43 Å². The van der Waals surface area contributed by atoms with E-state index >= 15 is 0 Å². The van der Waals surface area contributed by atoms with Crippen LogP contribution in [0.1, 0.15) is 55.3 Å². The van der Waals surface area contributed by atoms with Crippen LogP contribution in [0.2, 0.25) is 0 Å². The summed E-state index contributed by atoms with van der Waals surface area (Å²) in [5.41, 5.74) is -0.279. The fraction of sp³-hybridized carbons (Fsp3) is 0.577. The third kappa shape index (κ3) is 5.52. The van der Waals surface area contributed by atoms with Crippen molar-refractivity contribution in [1.29, 1.82) is 1.43 Å². The standard InChI is InChI=1S/C26H31NO7/c1-4-6-25(8-12-31-13-9-25)23(29)33-17-20-16-27-19(3)22(28)21(20)18-34-24(30)26(7-5-2)10-14-32-15-11-26/h1-2,16,28H,6-15,17-18H2,3H3/i/hD. The quantitative estimate of drug-likeness (QED) is 0.434. The Bertz CT molecular complexity index is 998. The molecule has 0 amide bonds. The Morgan fingerprint density at radius 2 is 1.53 bits per heavy atom. The van der Waals surface area contributed by atoms with Crippen molar-refractivity contribution in [1.82, 2.24) is 4.98 Å². The average Bonchev–Trinajstić information content (AvgIpc) is 2.87. The van der Waals surface area contributed by atoms with Gasteiger partial charge in [0, 0.05) is 56.6 Å². The molecule has 0 unspecified atom stereocenters. The molecular formula is C26H31NO7. The summed E-state index contributed by atoms with van der Waals surface area (Å²) < 4.78 is 29.6. The number of hydrogen-bond donors (Lipinski definition) is 1. The zero-order valence-corrected chi connectivity index (χ0v) is 19.5. The van der Waals surface area contributed by atoms with Crippen molar-refractivity contribution < 1.29 is 33.6 Å². The molecule has 0 saturated carbocycles. The highest BCUT2D eigenvalue weighted by atomic mass is 16.5. The summed E-state index contributed by atoms with van der Waals surface area (Å²) in [5.74, 6) is 4.46. The van der Waals surface area contributed by atoms with Crippen LogP contribution in [0, 0.1) is 42.4 Å². The summed E-state index contributed by atoms with van der Waals surface area (Å²) in [6.07, 6.45) is 15.0. The number of nitrogens with zero attached hydrogens (tertiary/aromatic N) is 1. The van der Waals surface area contributed by atoms with E-state index in [0.717, 1.165) is 0 Å². The van der Waals surface area contributed by atoms with Crippen LogP contribution in [0.4, 0.5) is 0 Å². The number of aryl methyl sites for hydroxylation is 1. The summed E-state index contributed by atoms with van der Waals surface area (Å²) in [7, 11) is 0. The second-order valence-electron chi connectivity index (χ2n) is 8.88. The van der Waals surface area contributed by atoms with Gasteiger partial charge in [-0.2, -0.15) is 0 Å². The minimum atomic E-state index is -0.811. The number of rotatable bonds is 9.